The summed E-state index contributed by atoms with van der Waals surface area (Å²) in [6.45, 7) is -0.500. The van der Waals surface area contributed by atoms with E-state index in [4.69, 9.17) is 16.3 Å². The van der Waals surface area contributed by atoms with Crippen molar-refractivity contribution in [2.75, 3.05) is 20.2 Å². The lowest BCUT2D eigenvalue weighted by molar-refractivity contribution is 0.0120. The molecule has 19 heavy (non-hydrogen) atoms. The van der Waals surface area contributed by atoms with Crippen LogP contribution in [0.1, 0.15) is 16.8 Å². The van der Waals surface area contributed by atoms with E-state index in [2.05, 4.69) is 15.9 Å². The maximum Gasteiger partial charge on any atom is 0.267 e. The molecule has 1 saturated heterocycles. The van der Waals surface area contributed by atoms with Gasteiger partial charge in [0.05, 0.1) is 23.1 Å². The Kier molecular flexibility index (Phi) is 4.01. The van der Waals surface area contributed by atoms with E-state index in [1.807, 2.05) is 0 Å². The Morgan fingerprint density at radius 3 is 2.68 bits per heavy atom. The zero-order valence-electron chi connectivity index (χ0n) is 10.1. The minimum atomic E-state index is -2.80. The largest absolute Gasteiger partial charge is 0.494 e. The molecule has 7 heteroatoms. The zero-order valence-corrected chi connectivity index (χ0v) is 12.4. The molecule has 0 spiro atoms. The van der Waals surface area contributed by atoms with Crippen LogP contribution in [0, 0.1) is 0 Å². The number of amides is 1. The lowest BCUT2D eigenvalue weighted by Gasteiger charge is -2.17. The molecule has 0 N–H and O–H groups in total. The quantitative estimate of drug-likeness (QED) is 0.812. The van der Waals surface area contributed by atoms with Crippen molar-refractivity contribution in [3.05, 3.63) is 27.2 Å². The first-order chi connectivity index (χ1) is 8.84. The number of carbonyl (C=O) groups is 1. The van der Waals surface area contributed by atoms with Crippen molar-refractivity contribution in [1.82, 2.24) is 4.90 Å². The Hall–Kier alpha value is -0.880. The highest BCUT2D eigenvalue weighted by Crippen LogP contribution is 2.35. The summed E-state index contributed by atoms with van der Waals surface area (Å²) in [6, 6.07) is 2.94. The maximum atomic E-state index is 13.1. The third kappa shape index (κ3) is 3.00. The molecular weight excluding hydrogens is 343 g/mol. The second-order valence-electron chi connectivity index (χ2n) is 4.31. The molecule has 1 aromatic carbocycles. The van der Waals surface area contributed by atoms with Crippen LogP contribution in [0.4, 0.5) is 8.78 Å². The van der Waals surface area contributed by atoms with Crippen LogP contribution >= 0.6 is 27.5 Å². The summed E-state index contributed by atoms with van der Waals surface area (Å²) in [5, 5.41) is 0.256. The Morgan fingerprint density at radius 1 is 1.53 bits per heavy atom. The Morgan fingerprint density at radius 2 is 2.21 bits per heavy atom. The maximum absolute atomic E-state index is 13.1. The van der Waals surface area contributed by atoms with Crippen molar-refractivity contribution >= 4 is 33.4 Å². The van der Waals surface area contributed by atoms with Gasteiger partial charge in [-0.3, -0.25) is 4.79 Å². The summed E-state index contributed by atoms with van der Waals surface area (Å²) in [4.78, 5) is 13.2. The molecule has 0 saturated carbocycles. The zero-order chi connectivity index (χ0) is 14.2. The summed E-state index contributed by atoms with van der Waals surface area (Å²) < 4.78 is 31.8. The molecule has 0 radical (unpaired) electrons. The summed E-state index contributed by atoms with van der Waals surface area (Å²) in [5.41, 5.74) is 0.260. The number of halogens is 4. The van der Waals surface area contributed by atoms with Crippen LogP contribution in [-0.2, 0) is 0 Å². The van der Waals surface area contributed by atoms with Gasteiger partial charge in [-0.1, -0.05) is 11.6 Å². The summed E-state index contributed by atoms with van der Waals surface area (Å²) in [7, 11) is 1.45. The molecule has 0 unspecified atom stereocenters. The number of rotatable bonds is 2. The molecule has 0 bridgehead atoms. The highest BCUT2D eigenvalue weighted by molar-refractivity contribution is 9.10. The fraction of sp³-hybridized carbons (Fsp3) is 0.417. The number of benzene rings is 1. The first kappa shape index (κ1) is 14.5. The topological polar surface area (TPSA) is 29.5 Å². The SMILES string of the molecule is COc1c(Cl)cc(C(=O)N2CCC(F)(F)C2)cc1Br. The second kappa shape index (κ2) is 5.25. The van der Waals surface area contributed by atoms with E-state index in [0.29, 0.717) is 10.2 Å². The molecule has 2 rings (SSSR count). The van der Waals surface area contributed by atoms with Crippen molar-refractivity contribution in [3.63, 3.8) is 0 Å². The monoisotopic (exact) mass is 353 g/mol. The highest BCUT2D eigenvalue weighted by atomic mass is 79.9. The number of likely N-dealkylation sites (tertiary alicyclic amines) is 1. The molecule has 1 amide bonds. The number of nitrogens with zero attached hydrogens (tertiary/aromatic N) is 1. The molecule has 1 heterocycles. The number of ether oxygens (including phenoxy) is 1. The molecule has 1 fully saturated rings. The Bertz CT molecular complexity index is 501. The summed E-state index contributed by atoms with van der Waals surface area (Å²) in [5.74, 6) is -2.85. The van der Waals surface area contributed by atoms with Crippen LogP contribution in [0.5, 0.6) is 5.75 Å². The van der Waals surface area contributed by atoms with Crippen LogP contribution in [0.3, 0.4) is 0 Å². The molecule has 1 aliphatic rings. The molecular formula is C12H11BrClF2NO2. The number of alkyl halides is 2. The van der Waals surface area contributed by atoms with Crippen molar-refractivity contribution in [2.24, 2.45) is 0 Å². The van der Waals surface area contributed by atoms with Gasteiger partial charge in [0.15, 0.2) is 5.75 Å². The van der Waals surface area contributed by atoms with Gasteiger partial charge in [-0.25, -0.2) is 8.78 Å². The van der Waals surface area contributed by atoms with Gasteiger partial charge in [0.2, 0.25) is 0 Å². The van der Waals surface area contributed by atoms with E-state index in [0.717, 1.165) is 4.90 Å². The number of hydrogen-bond acceptors (Lipinski definition) is 2. The van der Waals surface area contributed by atoms with Gasteiger partial charge in [0, 0.05) is 18.5 Å². The van der Waals surface area contributed by atoms with Crippen molar-refractivity contribution in [3.8, 4) is 5.75 Å². The van der Waals surface area contributed by atoms with Crippen LogP contribution in [-0.4, -0.2) is 36.9 Å². The lowest BCUT2D eigenvalue weighted by Crippen LogP contribution is -2.31. The normalized spacial score (nSPS) is 17.6. The van der Waals surface area contributed by atoms with E-state index in [9.17, 15) is 13.6 Å². The first-order valence-corrected chi connectivity index (χ1v) is 6.71. The van der Waals surface area contributed by atoms with Crippen molar-refractivity contribution in [2.45, 2.75) is 12.3 Å². The first-order valence-electron chi connectivity index (χ1n) is 5.54. The fourth-order valence-corrected chi connectivity index (χ4v) is 3.00. The van der Waals surface area contributed by atoms with Crippen LogP contribution < -0.4 is 4.74 Å². The molecule has 104 valence electrons. The molecule has 3 nitrogen and oxygen atoms in total. The van der Waals surface area contributed by atoms with E-state index in [-0.39, 0.29) is 23.6 Å². The van der Waals surface area contributed by atoms with Crippen LogP contribution in [0.15, 0.2) is 16.6 Å². The van der Waals surface area contributed by atoms with Gasteiger partial charge >= 0.3 is 0 Å². The molecule has 1 aliphatic heterocycles. The van der Waals surface area contributed by atoms with E-state index in [1.54, 1.807) is 0 Å². The highest BCUT2D eigenvalue weighted by Gasteiger charge is 2.40. The standard InChI is InChI=1S/C12H11BrClF2NO2/c1-19-10-8(13)4-7(5-9(10)14)11(18)17-3-2-12(15,16)6-17/h4-5H,2-3,6H2,1H3. The van der Waals surface area contributed by atoms with Crippen molar-refractivity contribution in [1.29, 1.82) is 0 Å². The third-order valence-electron chi connectivity index (χ3n) is 2.91. The van der Waals surface area contributed by atoms with Gasteiger partial charge in [0.25, 0.3) is 11.8 Å². The Labute approximate surface area is 122 Å². The number of methoxy groups -OCH3 is 1. The number of carbonyl (C=O) groups excluding carboxylic acids is 1. The van der Waals surface area contributed by atoms with Crippen LogP contribution in [0.2, 0.25) is 5.02 Å². The van der Waals surface area contributed by atoms with Gasteiger partial charge in [-0.2, -0.15) is 0 Å². The smallest absolute Gasteiger partial charge is 0.267 e. The Balaban J connectivity index is 2.26. The third-order valence-corrected chi connectivity index (χ3v) is 3.78. The summed E-state index contributed by atoms with van der Waals surface area (Å²) >= 11 is 9.20. The fourth-order valence-electron chi connectivity index (χ4n) is 1.97. The molecule has 1 aromatic rings. The predicted molar refractivity (Wildman–Crippen MR) is 71.2 cm³/mol. The predicted octanol–water partition coefficient (Wildman–Crippen LogP) is 3.59. The van der Waals surface area contributed by atoms with Gasteiger partial charge in [-0.05, 0) is 28.1 Å². The summed E-state index contributed by atoms with van der Waals surface area (Å²) in [6.07, 6.45) is -0.302. The van der Waals surface area contributed by atoms with Gasteiger partial charge < -0.3 is 9.64 Å². The number of hydrogen-bond donors (Lipinski definition) is 0. The molecule has 0 aliphatic carbocycles. The molecule has 0 atom stereocenters. The second-order valence-corrected chi connectivity index (χ2v) is 5.57. The van der Waals surface area contributed by atoms with E-state index in [1.165, 1.54) is 19.2 Å². The minimum Gasteiger partial charge on any atom is -0.494 e. The van der Waals surface area contributed by atoms with Crippen LogP contribution in [0.25, 0.3) is 0 Å². The van der Waals surface area contributed by atoms with Gasteiger partial charge in [0.1, 0.15) is 0 Å². The molecule has 0 aromatic heterocycles. The average molecular weight is 355 g/mol. The van der Waals surface area contributed by atoms with E-state index < -0.39 is 18.4 Å². The van der Waals surface area contributed by atoms with Gasteiger partial charge in [-0.15, -0.1) is 0 Å². The average Bonchev–Trinajstić information content (AvgIpc) is 2.68. The minimum absolute atomic E-state index is 0.0487. The lowest BCUT2D eigenvalue weighted by atomic mass is 10.2. The van der Waals surface area contributed by atoms with Crippen molar-refractivity contribution < 1.29 is 18.3 Å². The van der Waals surface area contributed by atoms with E-state index >= 15 is 0 Å².